The predicted molar refractivity (Wildman–Crippen MR) is 132 cm³/mol. The molecule has 0 amide bonds. The fraction of sp³-hybridized carbons (Fsp3) is 0.259. The van der Waals surface area contributed by atoms with Crippen molar-refractivity contribution in [2.24, 2.45) is 7.05 Å². The van der Waals surface area contributed by atoms with E-state index >= 15 is 0 Å². The highest BCUT2D eigenvalue weighted by Gasteiger charge is 2.51. The molecule has 1 fully saturated rings. The molecule has 0 radical (unpaired) electrons. The average molecular weight is 454 g/mol. The maximum Gasteiger partial charge on any atom is 0.314 e. The first-order chi connectivity index (χ1) is 16.4. The maximum atomic E-state index is 11.6. The SMILES string of the molecule is CC(C)c1cncc(Nc2c(-c3ccc(-c4ccc(C5(C(=O)O)CC5)cc4)cc3)cnn2C)n1. The third kappa shape index (κ3) is 3.94. The van der Waals surface area contributed by atoms with Gasteiger partial charge in [-0.3, -0.25) is 14.5 Å². The Labute approximate surface area is 198 Å². The number of benzene rings is 2. The van der Waals surface area contributed by atoms with Crippen LogP contribution in [0.2, 0.25) is 0 Å². The van der Waals surface area contributed by atoms with E-state index in [4.69, 9.17) is 0 Å². The predicted octanol–water partition coefficient (Wildman–Crippen LogP) is 5.53. The van der Waals surface area contributed by atoms with Crippen LogP contribution < -0.4 is 5.32 Å². The minimum atomic E-state index is -0.729. The summed E-state index contributed by atoms with van der Waals surface area (Å²) >= 11 is 0. The summed E-state index contributed by atoms with van der Waals surface area (Å²) in [6, 6.07) is 16.2. The molecule has 0 bridgehead atoms. The number of hydrogen-bond donors (Lipinski definition) is 2. The van der Waals surface area contributed by atoms with Crippen LogP contribution in [0.15, 0.2) is 67.1 Å². The molecule has 2 aromatic carbocycles. The number of anilines is 2. The van der Waals surface area contributed by atoms with E-state index < -0.39 is 11.4 Å². The molecule has 2 heterocycles. The Morgan fingerprint density at radius 3 is 2.18 bits per heavy atom. The standard InChI is InChI=1S/C27H27N5O2/c1-17(2)23-15-28-16-24(30-23)31-25-22(14-29-32(25)3)20-6-4-18(5-7-20)19-8-10-21(11-9-19)27(12-13-27)26(33)34/h4-11,14-17H,12-13H2,1-3H3,(H,30,31)(H,33,34). The maximum absolute atomic E-state index is 11.6. The second-order valence-electron chi connectivity index (χ2n) is 9.18. The quantitative estimate of drug-likeness (QED) is 0.382. The third-order valence-electron chi connectivity index (χ3n) is 6.56. The van der Waals surface area contributed by atoms with Crippen LogP contribution in [0.4, 0.5) is 11.6 Å². The van der Waals surface area contributed by atoms with Gasteiger partial charge in [-0.15, -0.1) is 0 Å². The van der Waals surface area contributed by atoms with Gasteiger partial charge in [-0.1, -0.05) is 62.4 Å². The molecule has 1 saturated carbocycles. The van der Waals surface area contributed by atoms with E-state index in [-0.39, 0.29) is 0 Å². The number of aliphatic carboxylic acids is 1. The van der Waals surface area contributed by atoms with Gasteiger partial charge in [-0.2, -0.15) is 5.10 Å². The summed E-state index contributed by atoms with van der Waals surface area (Å²) in [5, 5.41) is 17.3. The number of carboxylic acids is 1. The number of carbonyl (C=O) groups is 1. The van der Waals surface area contributed by atoms with Crippen molar-refractivity contribution in [1.82, 2.24) is 19.7 Å². The molecule has 172 valence electrons. The molecule has 1 aliphatic carbocycles. The molecule has 0 atom stereocenters. The van der Waals surface area contributed by atoms with Crippen molar-refractivity contribution >= 4 is 17.6 Å². The summed E-state index contributed by atoms with van der Waals surface area (Å²) in [6.07, 6.45) is 6.77. The second-order valence-corrected chi connectivity index (χ2v) is 9.18. The van der Waals surface area contributed by atoms with Crippen molar-refractivity contribution < 1.29 is 9.90 Å². The van der Waals surface area contributed by atoms with E-state index in [0.717, 1.165) is 39.3 Å². The second kappa shape index (κ2) is 8.41. The Bertz CT molecular complexity index is 1340. The highest BCUT2D eigenvalue weighted by atomic mass is 16.4. The van der Waals surface area contributed by atoms with E-state index in [1.807, 2.05) is 37.5 Å². The fourth-order valence-electron chi connectivity index (χ4n) is 4.21. The Morgan fingerprint density at radius 2 is 1.59 bits per heavy atom. The van der Waals surface area contributed by atoms with Crippen LogP contribution >= 0.6 is 0 Å². The highest BCUT2D eigenvalue weighted by Crippen LogP contribution is 2.48. The van der Waals surface area contributed by atoms with Gasteiger partial charge in [0, 0.05) is 18.8 Å². The van der Waals surface area contributed by atoms with Gasteiger partial charge in [0.15, 0.2) is 0 Å². The van der Waals surface area contributed by atoms with Crippen LogP contribution in [0.25, 0.3) is 22.3 Å². The third-order valence-corrected chi connectivity index (χ3v) is 6.56. The lowest BCUT2D eigenvalue weighted by Gasteiger charge is -2.12. The molecule has 0 aliphatic heterocycles. The summed E-state index contributed by atoms with van der Waals surface area (Å²) < 4.78 is 1.79. The monoisotopic (exact) mass is 453 g/mol. The number of rotatable bonds is 7. The normalized spacial score (nSPS) is 14.2. The number of hydrogen-bond acceptors (Lipinski definition) is 5. The fourth-order valence-corrected chi connectivity index (χ4v) is 4.21. The first kappa shape index (κ1) is 21.8. The number of aryl methyl sites for hydroxylation is 1. The van der Waals surface area contributed by atoms with E-state index in [0.29, 0.717) is 24.6 Å². The molecule has 1 aliphatic rings. The van der Waals surface area contributed by atoms with Crippen molar-refractivity contribution in [2.45, 2.75) is 38.0 Å². The topological polar surface area (TPSA) is 92.9 Å². The van der Waals surface area contributed by atoms with Gasteiger partial charge in [-0.05, 0) is 41.0 Å². The van der Waals surface area contributed by atoms with Crippen LogP contribution in [0.5, 0.6) is 0 Å². The van der Waals surface area contributed by atoms with Gasteiger partial charge in [0.2, 0.25) is 0 Å². The van der Waals surface area contributed by atoms with Gasteiger partial charge in [0.1, 0.15) is 11.6 Å². The van der Waals surface area contributed by atoms with Gasteiger partial charge in [-0.25, -0.2) is 4.98 Å². The molecular formula is C27H27N5O2. The molecule has 0 spiro atoms. The summed E-state index contributed by atoms with van der Waals surface area (Å²) in [7, 11) is 1.89. The lowest BCUT2D eigenvalue weighted by atomic mass is 9.93. The van der Waals surface area contributed by atoms with E-state index in [9.17, 15) is 9.90 Å². The lowest BCUT2D eigenvalue weighted by Crippen LogP contribution is -2.19. The van der Waals surface area contributed by atoms with Crippen molar-refractivity contribution in [2.75, 3.05) is 5.32 Å². The van der Waals surface area contributed by atoms with Gasteiger partial charge < -0.3 is 10.4 Å². The highest BCUT2D eigenvalue weighted by molar-refractivity contribution is 5.85. The first-order valence-corrected chi connectivity index (χ1v) is 11.4. The van der Waals surface area contributed by atoms with Gasteiger partial charge >= 0.3 is 5.97 Å². The van der Waals surface area contributed by atoms with Crippen molar-refractivity contribution in [3.05, 3.63) is 78.4 Å². The summed E-state index contributed by atoms with van der Waals surface area (Å²) in [5.41, 5.74) is 5.28. The summed E-state index contributed by atoms with van der Waals surface area (Å²) in [4.78, 5) is 20.6. The van der Waals surface area contributed by atoms with Crippen LogP contribution in [0.1, 0.15) is 43.9 Å². The number of carboxylic acid groups (broad SMARTS) is 1. The molecule has 7 heteroatoms. The van der Waals surface area contributed by atoms with E-state index in [1.165, 1.54) is 0 Å². The van der Waals surface area contributed by atoms with Crippen molar-refractivity contribution in [1.29, 1.82) is 0 Å². The van der Waals surface area contributed by atoms with Crippen LogP contribution in [0, 0.1) is 0 Å². The molecule has 7 nitrogen and oxygen atoms in total. The van der Waals surface area contributed by atoms with Crippen molar-refractivity contribution in [3.63, 3.8) is 0 Å². The first-order valence-electron chi connectivity index (χ1n) is 11.4. The molecule has 4 aromatic rings. The molecule has 2 N–H and O–H groups in total. The van der Waals surface area contributed by atoms with E-state index in [2.05, 4.69) is 58.5 Å². The minimum absolute atomic E-state index is 0.292. The number of nitrogens with zero attached hydrogens (tertiary/aromatic N) is 4. The Morgan fingerprint density at radius 1 is 0.971 bits per heavy atom. The van der Waals surface area contributed by atoms with Crippen LogP contribution in [-0.2, 0) is 17.3 Å². The number of nitrogens with one attached hydrogen (secondary N) is 1. The van der Waals surface area contributed by atoms with E-state index in [1.54, 1.807) is 17.1 Å². The largest absolute Gasteiger partial charge is 0.481 e. The van der Waals surface area contributed by atoms with Crippen LogP contribution in [0.3, 0.4) is 0 Å². The molecule has 2 aromatic heterocycles. The molecule has 0 unspecified atom stereocenters. The Hall–Kier alpha value is -4.00. The molecule has 34 heavy (non-hydrogen) atoms. The zero-order valence-corrected chi connectivity index (χ0v) is 19.5. The smallest absolute Gasteiger partial charge is 0.314 e. The zero-order valence-electron chi connectivity index (χ0n) is 19.5. The Kier molecular flexibility index (Phi) is 5.40. The average Bonchev–Trinajstić information content (AvgIpc) is 3.59. The minimum Gasteiger partial charge on any atom is -0.481 e. The Balaban J connectivity index is 1.38. The number of aromatic nitrogens is 4. The lowest BCUT2D eigenvalue weighted by molar-refractivity contribution is -0.140. The summed E-state index contributed by atoms with van der Waals surface area (Å²) in [6.45, 7) is 4.18. The zero-order chi connectivity index (χ0) is 23.9. The van der Waals surface area contributed by atoms with Crippen LogP contribution in [-0.4, -0.2) is 30.8 Å². The van der Waals surface area contributed by atoms with Gasteiger partial charge in [0.25, 0.3) is 0 Å². The van der Waals surface area contributed by atoms with Gasteiger partial charge in [0.05, 0.1) is 23.5 Å². The summed E-state index contributed by atoms with van der Waals surface area (Å²) in [5.74, 6) is 1.09. The molecule has 5 rings (SSSR count). The molecule has 0 saturated heterocycles. The van der Waals surface area contributed by atoms with Crippen molar-refractivity contribution in [3.8, 4) is 22.3 Å². The molecular weight excluding hydrogens is 426 g/mol.